The predicted molar refractivity (Wildman–Crippen MR) is 123 cm³/mol. The Labute approximate surface area is 192 Å². The zero-order chi connectivity index (χ0) is 23.8. The van der Waals surface area contributed by atoms with Gasteiger partial charge in [-0.2, -0.15) is 5.10 Å². The maximum Gasteiger partial charge on any atom is 0.408 e. The minimum absolute atomic E-state index is 0.119. The van der Waals surface area contributed by atoms with Crippen LogP contribution in [0.1, 0.15) is 46.6 Å². The van der Waals surface area contributed by atoms with Gasteiger partial charge in [-0.15, -0.1) is 0 Å². The Balaban J connectivity index is 1.35. The zero-order valence-electron chi connectivity index (χ0n) is 19.4. The van der Waals surface area contributed by atoms with Gasteiger partial charge >= 0.3 is 6.09 Å². The number of alkyl carbamates (subject to hydrolysis) is 1. The van der Waals surface area contributed by atoms with Gasteiger partial charge in [-0.3, -0.25) is 9.48 Å². The second-order valence-corrected chi connectivity index (χ2v) is 9.53. The number of aromatic amines is 1. The molecule has 1 aromatic carbocycles. The van der Waals surface area contributed by atoms with E-state index in [-0.39, 0.29) is 17.8 Å². The molecule has 0 saturated carbocycles. The van der Waals surface area contributed by atoms with E-state index in [1.54, 1.807) is 38.7 Å². The third-order valence-corrected chi connectivity index (χ3v) is 5.81. The molecule has 0 unspecified atom stereocenters. The number of aromatic nitrogens is 3. The molecular formula is C24H30FN5O3. The molecule has 9 heteroatoms. The summed E-state index contributed by atoms with van der Waals surface area (Å²) in [5.74, 6) is -0.394. The fourth-order valence-corrected chi connectivity index (χ4v) is 4.18. The van der Waals surface area contributed by atoms with E-state index in [4.69, 9.17) is 4.74 Å². The van der Waals surface area contributed by atoms with Crippen LogP contribution in [0.2, 0.25) is 0 Å². The van der Waals surface area contributed by atoms with Gasteiger partial charge in [0.25, 0.3) is 0 Å². The third-order valence-electron chi connectivity index (χ3n) is 5.81. The summed E-state index contributed by atoms with van der Waals surface area (Å²) in [5, 5.41) is 8.11. The van der Waals surface area contributed by atoms with Crippen molar-refractivity contribution in [2.24, 2.45) is 0 Å². The van der Waals surface area contributed by atoms with Gasteiger partial charge in [0.15, 0.2) is 0 Å². The number of carbonyl (C=O) groups excluding carboxylic acids is 2. The number of benzene rings is 1. The van der Waals surface area contributed by atoms with Crippen molar-refractivity contribution in [2.45, 2.75) is 58.2 Å². The highest BCUT2D eigenvalue weighted by Gasteiger charge is 2.29. The number of nitrogens with one attached hydrogen (secondary N) is 2. The van der Waals surface area contributed by atoms with E-state index in [1.807, 2.05) is 23.3 Å². The highest BCUT2D eigenvalue weighted by atomic mass is 19.1. The first-order valence-corrected chi connectivity index (χ1v) is 11.2. The van der Waals surface area contributed by atoms with Gasteiger partial charge in [-0.1, -0.05) is 0 Å². The number of nitrogens with zero attached hydrogens (tertiary/aromatic N) is 3. The second-order valence-electron chi connectivity index (χ2n) is 9.53. The number of rotatable bonds is 4. The summed E-state index contributed by atoms with van der Waals surface area (Å²) in [5.41, 5.74) is 2.07. The maximum atomic E-state index is 13.5. The summed E-state index contributed by atoms with van der Waals surface area (Å²) >= 11 is 0. The standard InChI is InChI=1S/C24H30FN5O3/c1-15(28-23(32)33-24(2,3)4)22(31)29-9-7-18(8-10-29)30-14-16(12-27-30)20-13-26-21-11-17(25)5-6-19(20)21/h5-6,11-15,18,26H,7-10H2,1-4H3,(H,28,32)/t15-/m0/s1. The van der Waals surface area contributed by atoms with E-state index in [1.165, 1.54) is 12.1 Å². The molecule has 0 bridgehead atoms. The van der Waals surface area contributed by atoms with Gasteiger partial charge in [0.05, 0.1) is 12.2 Å². The quantitative estimate of drug-likeness (QED) is 0.615. The lowest BCUT2D eigenvalue weighted by Gasteiger charge is -2.34. The van der Waals surface area contributed by atoms with Crippen molar-refractivity contribution in [1.82, 2.24) is 25.0 Å². The molecule has 1 saturated heterocycles. The first-order valence-electron chi connectivity index (χ1n) is 11.2. The summed E-state index contributed by atoms with van der Waals surface area (Å²) in [6.07, 6.45) is 6.63. The smallest absolute Gasteiger partial charge is 0.408 e. The molecule has 1 aliphatic heterocycles. The Bertz CT molecular complexity index is 1150. The largest absolute Gasteiger partial charge is 0.444 e. The maximum absolute atomic E-state index is 13.5. The van der Waals surface area contributed by atoms with E-state index in [2.05, 4.69) is 15.4 Å². The molecule has 1 atom stereocenters. The Hall–Kier alpha value is -3.36. The molecule has 1 fully saturated rings. The molecule has 1 aliphatic rings. The highest BCUT2D eigenvalue weighted by molar-refractivity contribution is 5.95. The monoisotopic (exact) mass is 455 g/mol. The van der Waals surface area contributed by atoms with Gasteiger partial charge in [0.1, 0.15) is 17.5 Å². The van der Waals surface area contributed by atoms with Gasteiger partial charge in [-0.25, -0.2) is 9.18 Å². The Morgan fingerprint density at radius 3 is 2.70 bits per heavy atom. The molecule has 3 aromatic rings. The zero-order valence-corrected chi connectivity index (χ0v) is 19.4. The number of H-pyrrole nitrogens is 1. The highest BCUT2D eigenvalue weighted by Crippen LogP contribution is 2.30. The molecule has 4 rings (SSSR count). The molecule has 3 heterocycles. The van der Waals surface area contributed by atoms with Gasteiger partial charge in [0.2, 0.25) is 5.91 Å². The molecule has 0 spiro atoms. The number of hydrogen-bond donors (Lipinski definition) is 2. The summed E-state index contributed by atoms with van der Waals surface area (Å²) < 4.78 is 20.6. The number of carbonyl (C=O) groups is 2. The van der Waals surface area contributed by atoms with E-state index >= 15 is 0 Å². The van der Waals surface area contributed by atoms with E-state index in [0.29, 0.717) is 13.1 Å². The van der Waals surface area contributed by atoms with Crippen molar-refractivity contribution in [2.75, 3.05) is 13.1 Å². The average molecular weight is 456 g/mol. The van der Waals surface area contributed by atoms with Crippen LogP contribution in [0, 0.1) is 5.82 Å². The fourth-order valence-electron chi connectivity index (χ4n) is 4.18. The first-order chi connectivity index (χ1) is 15.6. The van der Waals surface area contributed by atoms with Crippen molar-refractivity contribution < 1.29 is 18.7 Å². The van der Waals surface area contributed by atoms with Crippen LogP contribution in [-0.4, -0.2) is 56.4 Å². The SMILES string of the molecule is C[C@H](NC(=O)OC(C)(C)C)C(=O)N1CCC(n2cc(-c3c[nH]c4cc(F)ccc34)cn2)CC1. The number of piperidine rings is 1. The molecule has 0 radical (unpaired) electrons. The molecule has 176 valence electrons. The summed E-state index contributed by atoms with van der Waals surface area (Å²) in [6, 6.07) is 4.23. The molecule has 33 heavy (non-hydrogen) atoms. The van der Waals surface area contributed by atoms with E-state index in [9.17, 15) is 14.0 Å². The molecule has 2 N–H and O–H groups in total. The third kappa shape index (κ3) is 5.18. The van der Waals surface area contributed by atoms with E-state index in [0.717, 1.165) is 34.9 Å². The van der Waals surface area contributed by atoms with E-state index < -0.39 is 17.7 Å². The first kappa shape index (κ1) is 22.8. The van der Waals surface area contributed by atoms with Gasteiger partial charge < -0.3 is 19.9 Å². The minimum Gasteiger partial charge on any atom is -0.444 e. The van der Waals surface area contributed by atoms with Gasteiger partial charge in [-0.05, 0) is 58.7 Å². The predicted octanol–water partition coefficient (Wildman–Crippen LogP) is 4.25. The molecule has 0 aliphatic carbocycles. The van der Waals surface area contributed by atoms with Gasteiger partial charge in [0, 0.05) is 47.5 Å². The Kier molecular flexibility index (Phi) is 6.14. The number of likely N-dealkylation sites (tertiary alicyclic amines) is 1. The Morgan fingerprint density at radius 2 is 2.00 bits per heavy atom. The van der Waals surface area contributed by atoms with Crippen LogP contribution in [0.4, 0.5) is 9.18 Å². The molecule has 8 nitrogen and oxygen atoms in total. The van der Waals surface area contributed by atoms with Crippen molar-refractivity contribution in [3.05, 3.63) is 42.6 Å². The normalized spacial score (nSPS) is 16.1. The lowest BCUT2D eigenvalue weighted by molar-refractivity contribution is -0.134. The number of hydrogen-bond acceptors (Lipinski definition) is 4. The molecule has 2 aromatic heterocycles. The molecular weight excluding hydrogens is 425 g/mol. The summed E-state index contributed by atoms with van der Waals surface area (Å²) in [4.78, 5) is 29.6. The van der Waals surface area contributed by atoms with Crippen LogP contribution >= 0.6 is 0 Å². The van der Waals surface area contributed by atoms with Crippen LogP contribution < -0.4 is 5.32 Å². The van der Waals surface area contributed by atoms with Crippen molar-refractivity contribution in [1.29, 1.82) is 0 Å². The second kappa shape index (κ2) is 8.88. The topological polar surface area (TPSA) is 92.2 Å². The van der Waals surface area contributed by atoms with Crippen LogP contribution in [0.3, 0.4) is 0 Å². The van der Waals surface area contributed by atoms with Crippen molar-refractivity contribution >= 4 is 22.9 Å². The lowest BCUT2D eigenvalue weighted by Crippen LogP contribution is -2.50. The fraction of sp³-hybridized carbons (Fsp3) is 0.458. The van der Waals surface area contributed by atoms with Crippen LogP contribution in [0.5, 0.6) is 0 Å². The molecule has 2 amide bonds. The number of halogens is 1. The van der Waals surface area contributed by atoms with Crippen LogP contribution in [-0.2, 0) is 9.53 Å². The number of ether oxygens (including phenoxy) is 1. The van der Waals surface area contributed by atoms with Crippen LogP contribution in [0.15, 0.2) is 36.8 Å². The summed E-state index contributed by atoms with van der Waals surface area (Å²) in [6.45, 7) is 8.19. The number of amides is 2. The van der Waals surface area contributed by atoms with Crippen molar-refractivity contribution in [3.63, 3.8) is 0 Å². The summed E-state index contributed by atoms with van der Waals surface area (Å²) in [7, 11) is 0. The Morgan fingerprint density at radius 1 is 1.27 bits per heavy atom. The minimum atomic E-state index is -0.653. The van der Waals surface area contributed by atoms with Crippen molar-refractivity contribution in [3.8, 4) is 11.1 Å². The van der Waals surface area contributed by atoms with Crippen LogP contribution in [0.25, 0.3) is 22.0 Å². The lowest BCUT2D eigenvalue weighted by atomic mass is 10.0. The average Bonchev–Trinajstić information content (AvgIpc) is 3.38. The number of fused-ring (bicyclic) bond motifs is 1.